The monoisotopic (exact) mass is 218 g/mol. The third-order valence-electron chi connectivity index (χ3n) is 1.59. The maximum atomic E-state index is 12.6. The van der Waals surface area contributed by atoms with Gasteiger partial charge in [0.2, 0.25) is 10.0 Å². The van der Waals surface area contributed by atoms with E-state index < -0.39 is 21.1 Å². The molecule has 0 bridgehead atoms. The zero-order valence-corrected chi connectivity index (χ0v) is 8.68. The van der Waals surface area contributed by atoms with E-state index in [1.54, 1.807) is 0 Å². The first-order chi connectivity index (χ1) is 6.42. The van der Waals surface area contributed by atoms with Gasteiger partial charge in [-0.25, -0.2) is 12.8 Å². The van der Waals surface area contributed by atoms with Crippen LogP contribution in [-0.2, 0) is 10.0 Å². The number of pyridine rings is 1. The van der Waals surface area contributed by atoms with Crippen LogP contribution in [0, 0.1) is 5.82 Å². The summed E-state index contributed by atoms with van der Waals surface area (Å²) in [5.41, 5.74) is 0.138. The van der Waals surface area contributed by atoms with Gasteiger partial charge in [-0.2, -0.15) is 0 Å². The summed E-state index contributed by atoms with van der Waals surface area (Å²) in [6.45, 7) is 3.07. The molecule has 78 valence electrons. The SMILES string of the molecule is CC(C)S(=O)(=O)Nc1cncc(F)c1. The molecule has 0 atom stereocenters. The number of rotatable bonds is 3. The maximum absolute atomic E-state index is 12.6. The first kappa shape index (κ1) is 10.9. The highest BCUT2D eigenvalue weighted by Gasteiger charge is 2.15. The topological polar surface area (TPSA) is 59.1 Å². The van der Waals surface area contributed by atoms with Gasteiger partial charge in [0.15, 0.2) is 0 Å². The minimum Gasteiger partial charge on any atom is -0.282 e. The van der Waals surface area contributed by atoms with Crippen LogP contribution in [-0.4, -0.2) is 18.7 Å². The lowest BCUT2D eigenvalue weighted by Crippen LogP contribution is -2.22. The van der Waals surface area contributed by atoms with Gasteiger partial charge in [-0.05, 0) is 13.8 Å². The fourth-order valence-electron chi connectivity index (χ4n) is 0.750. The predicted octanol–water partition coefficient (Wildman–Crippen LogP) is 1.37. The van der Waals surface area contributed by atoms with Crippen LogP contribution in [0.4, 0.5) is 10.1 Å². The third kappa shape index (κ3) is 2.66. The molecular formula is C8H11FN2O2S. The summed E-state index contributed by atoms with van der Waals surface area (Å²) >= 11 is 0. The van der Waals surface area contributed by atoms with Crippen LogP contribution in [0.1, 0.15) is 13.8 Å². The number of hydrogen-bond donors (Lipinski definition) is 1. The maximum Gasteiger partial charge on any atom is 0.235 e. The Morgan fingerprint density at radius 2 is 2.07 bits per heavy atom. The largest absolute Gasteiger partial charge is 0.282 e. The normalized spacial score (nSPS) is 11.7. The molecule has 0 aromatic carbocycles. The average molecular weight is 218 g/mol. The molecule has 0 aliphatic heterocycles. The Labute approximate surface area is 82.2 Å². The molecule has 0 aliphatic rings. The zero-order chi connectivity index (χ0) is 10.8. The minimum absolute atomic E-state index is 0.138. The summed E-state index contributed by atoms with van der Waals surface area (Å²) < 4.78 is 37.6. The Hall–Kier alpha value is -1.17. The Kier molecular flexibility index (Phi) is 3.05. The van der Waals surface area contributed by atoms with Crippen molar-refractivity contribution < 1.29 is 12.8 Å². The van der Waals surface area contributed by atoms with E-state index in [0.29, 0.717) is 0 Å². The van der Waals surface area contributed by atoms with Gasteiger partial charge in [-0.15, -0.1) is 0 Å². The summed E-state index contributed by atoms with van der Waals surface area (Å²) in [6.07, 6.45) is 2.26. The molecule has 6 heteroatoms. The van der Waals surface area contributed by atoms with Crippen molar-refractivity contribution in [1.29, 1.82) is 0 Å². The number of hydrogen-bond acceptors (Lipinski definition) is 3. The molecule has 1 rings (SSSR count). The number of nitrogens with one attached hydrogen (secondary N) is 1. The first-order valence-electron chi connectivity index (χ1n) is 4.04. The average Bonchev–Trinajstić information content (AvgIpc) is 2.02. The standard InChI is InChI=1S/C8H11FN2O2S/c1-6(2)14(12,13)11-8-3-7(9)4-10-5-8/h3-6,11H,1-2H3. The van der Waals surface area contributed by atoms with Gasteiger partial charge in [0.25, 0.3) is 0 Å². The van der Waals surface area contributed by atoms with Gasteiger partial charge < -0.3 is 0 Å². The highest BCUT2D eigenvalue weighted by molar-refractivity contribution is 7.93. The molecule has 1 N–H and O–H groups in total. The summed E-state index contributed by atoms with van der Waals surface area (Å²) in [6, 6.07) is 1.08. The van der Waals surface area contributed by atoms with Gasteiger partial charge in [-0.3, -0.25) is 9.71 Å². The lowest BCUT2D eigenvalue weighted by Gasteiger charge is -2.09. The zero-order valence-electron chi connectivity index (χ0n) is 7.86. The van der Waals surface area contributed by atoms with Crippen LogP contribution in [0.2, 0.25) is 0 Å². The minimum atomic E-state index is -3.42. The number of aromatic nitrogens is 1. The second kappa shape index (κ2) is 3.91. The van der Waals surface area contributed by atoms with E-state index in [-0.39, 0.29) is 5.69 Å². The number of anilines is 1. The quantitative estimate of drug-likeness (QED) is 0.833. The molecule has 0 fully saturated rings. The van der Waals surface area contributed by atoms with Crippen molar-refractivity contribution in [3.63, 3.8) is 0 Å². The molecular weight excluding hydrogens is 207 g/mol. The summed E-state index contributed by atoms with van der Waals surface area (Å²) in [7, 11) is -3.42. The van der Waals surface area contributed by atoms with E-state index >= 15 is 0 Å². The lowest BCUT2D eigenvalue weighted by molar-refractivity contribution is 0.592. The summed E-state index contributed by atoms with van der Waals surface area (Å²) in [5, 5.41) is -0.564. The smallest absolute Gasteiger partial charge is 0.235 e. The van der Waals surface area contributed by atoms with E-state index in [1.165, 1.54) is 20.0 Å². The summed E-state index contributed by atoms with van der Waals surface area (Å²) in [4.78, 5) is 3.53. The van der Waals surface area contributed by atoms with E-state index in [0.717, 1.165) is 12.3 Å². The van der Waals surface area contributed by atoms with Gasteiger partial charge in [0.05, 0.1) is 23.3 Å². The lowest BCUT2D eigenvalue weighted by atomic mass is 10.4. The highest BCUT2D eigenvalue weighted by atomic mass is 32.2. The van der Waals surface area contributed by atoms with Crippen LogP contribution in [0.3, 0.4) is 0 Å². The first-order valence-corrected chi connectivity index (χ1v) is 5.58. The second-order valence-corrected chi connectivity index (χ2v) is 5.32. The van der Waals surface area contributed by atoms with Gasteiger partial charge in [0, 0.05) is 6.07 Å². The molecule has 0 aliphatic carbocycles. The van der Waals surface area contributed by atoms with Crippen molar-refractivity contribution in [2.24, 2.45) is 0 Å². The van der Waals surface area contributed by atoms with Crippen molar-refractivity contribution in [2.45, 2.75) is 19.1 Å². The summed E-state index contributed by atoms with van der Waals surface area (Å²) in [5.74, 6) is -0.575. The van der Waals surface area contributed by atoms with E-state index in [1.807, 2.05) is 0 Å². The van der Waals surface area contributed by atoms with Crippen LogP contribution < -0.4 is 4.72 Å². The fraction of sp³-hybridized carbons (Fsp3) is 0.375. The molecule has 0 radical (unpaired) electrons. The number of nitrogens with zero attached hydrogens (tertiary/aromatic N) is 1. The molecule has 0 saturated carbocycles. The van der Waals surface area contributed by atoms with Crippen LogP contribution >= 0.6 is 0 Å². The van der Waals surface area contributed by atoms with E-state index in [4.69, 9.17) is 0 Å². The molecule has 1 aromatic heterocycles. The molecule has 0 spiro atoms. The molecule has 0 amide bonds. The fourth-order valence-corrected chi connectivity index (χ4v) is 1.43. The Bertz CT molecular complexity index is 417. The molecule has 0 saturated heterocycles. The van der Waals surface area contributed by atoms with Crippen LogP contribution in [0.5, 0.6) is 0 Å². The van der Waals surface area contributed by atoms with Crippen molar-refractivity contribution in [1.82, 2.24) is 4.98 Å². The predicted molar refractivity (Wildman–Crippen MR) is 51.9 cm³/mol. The van der Waals surface area contributed by atoms with Crippen molar-refractivity contribution in [3.05, 3.63) is 24.3 Å². The van der Waals surface area contributed by atoms with E-state index in [2.05, 4.69) is 9.71 Å². The molecule has 1 heterocycles. The Morgan fingerprint density at radius 1 is 1.43 bits per heavy atom. The van der Waals surface area contributed by atoms with E-state index in [9.17, 15) is 12.8 Å². The molecule has 1 aromatic rings. The van der Waals surface area contributed by atoms with Gasteiger partial charge in [0.1, 0.15) is 5.82 Å². The van der Waals surface area contributed by atoms with Gasteiger partial charge in [-0.1, -0.05) is 0 Å². The van der Waals surface area contributed by atoms with Crippen molar-refractivity contribution in [2.75, 3.05) is 4.72 Å². The molecule has 0 unspecified atom stereocenters. The number of halogens is 1. The number of sulfonamides is 1. The van der Waals surface area contributed by atoms with Crippen LogP contribution in [0.25, 0.3) is 0 Å². The second-order valence-electron chi connectivity index (χ2n) is 3.09. The third-order valence-corrected chi connectivity index (χ3v) is 3.35. The van der Waals surface area contributed by atoms with Crippen LogP contribution in [0.15, 0.2) is 18.5 Å². The Morgan fingerprint density at radius 3 is 2.57 bits per heavy atom. The molecule has 4 nitrogen and oxygen atoms in total. The highest BCUT2D eigenvalue weighted by Crippen LogP contribution is 2.11. The molecule has 14 heavy (non-hydrogen) atoms. The van der Waals surface area contributed by atoms with Crippen molar-refractivity contribution >= 4 is 15.7 Å². The van der Waals surface area contributed by atoms with Crippen molar-refractivity contribution in [3.8, 4) is 0 Å². The van der Waals surface area contributed by atoms with Gasteiger partial charge >= 0.3 is 0 Å². The Balaban J connectivity index is 2.90.